The lowest BCUT2D eigenvalue weighted by molar-refractivity contribution is 0.0881. The molecule has 0 radical (unpaired) electrons. The molecule has 0 N–H and O–H groups in total. The minimum absolute atomic E-state index is 0.0768. The van der Waals surface area contributed by atoms with Gasteiger partial charge in [-0.15, -0.1) is 0 Å². The molecule has 1 aromatic heterocycles. The standard InChI is InChI=1S/C16H17FO2/c17-13-7-8-14-12(9-13)10-15(19-14)16(18)11-5-3-1-2-4-6-11/h7-11H,1-6H2. The number of ketones is 1. The molecule has 3 heteroatoms. The maximum absolute atomic E-state index is 13.1. The molecule has 0 unspecified atom stereocenters. The Morgan fingerprint density at radius 3 is 2.58 bits per heavy atom. The van der Waals surface area contributed by atoms with Crippen molar-refractivity contribution in [2.75, 3.05) is 0 Å². The maximum Gasteiger partial charge on any atom is 0.201 e. The molecule has 19 heavy (non-hydrogen) atoms. The van der Waals surface area contributed by atoms with Gasteiger partial charge in [0.15, 0.2) is 5.76 Å². The zero-order valence-electron chi connectivity index (χ0n) is 10.8. The van der Waals surface area contributed by atoms with Gasteiger partial charge >= 0.3 is 0 Å². The first-order valence-electron chi connectivity index (χ1n) is 6.97. The zero-order valence-corrected chi connectivity index (χ0v) is 10.8. The second-order valence-corrected chi connectivity index (χ2v) is 5.35. The van der Waals surface area contributed by atoms with Gasteiger partial charge < -0.3 is 4.42 Å². The van der Waals surface area contributed by atoms with E-state index in [9.17, 15) is 9.18 Å². The average molecular weight is 260 g/mol. The van der Waals surface area contributed by atoms with E-state index >= 15 is 0 Å². The summed E-state index contributed by atoms with van der Waals surface area (Å²) in [6.45, 7) is 0. The van der Waals surface area contributed by atoms with Gasteiger partial charge in [-0.1, -0.05) is 25.7 Å². The third-order valence-corrected chi connectivity index (χ3v) is 3.95. The number of halogens is 1. The van der Waals surface area contributed by atoms with Crippen LogP contribution in [0.25, 0.3) is 11.0 Å². The van der Waals surface area contributed by atoms with Crippen LogP contribution in [0.15, 0.2) is 28.7 Å². The summed E-state index contributed by atoms with van der Waals surface area (Å²) >= 11 is 0. The molecule has 0 saturated heterocycles. The van der Waals surface area contributed by atoms with E-state index in [0.717, 1.165) is 25.7 Å². The van der Waals surface area contributed by atoms with E-state index in [2.05, 4.69) is 0 Å². The highest BCUT2D eigenvalue weighted by molar-refractivity contribution is 5.99. The van der Waals surface area contributed by atoms with Gasteiger partial charge in [-0.05, 0) is 37.1 Å². The lowest BCUT2D eigenvalue weighted by atomic mass is 9.94. The minimum Gasteiger partial charge on any atom is -0.453 e. The summed E-state index contributed by atoms with van der Waals surface area (Å²) in [7, 11) is 0. The number of carbonyl (C=O) groups excluding carboxylic acids is 1. The van der Waals surface area contributed by atoms with Gasteiger partial charge in [-0.25, -0.2) is 4.39 Å². The van der Waals surface area contributed by atoms with Gasteiger partial charge in [0, 0.05) is 11.3 Å². The van der Waals surface area contributed by atoms with E-state index in [1.165, 1.54) is 25.0 Å². The molecule has 0 spiro atoms. The predicted octanol–water partition coefficient (Wildman–Crippen LogP) is 4.73. The highest BCUT2D eigenvalue weighted by atomic mass is 19.1. The fraction of sp³-hybridized carbons (Fsp3) is 0.438. The number of fused-ring (bicyclic) bond motifs is 1. The Labute approximate surface area is 111 Å². The molecule has 1 aliphatic carbocycles. The van der Waals surface area contributed by atoms with Crippen LogP contribution in [-0.4, -0.2) is 5.78 Å². The van der Waals surface area contributed by atoms with E-state index in [4.69, 9.17) is 4.42 Å². The molecule has 100 valence electrons. The zero-order chi connectivity index (χ0) is 13.2. The van der Waals surface area contributed by atoms with E-state index in [0.29, 0.717) is 16.7 Å². The molecule has 1 aliphatic rings. The number of furan rings is 1. The lowest BCUT2D eigenvalue weighted by Gasteiger charge is -2.09. The molecule has 1 saturated carbocycles. The van der Waals surface area contributed by atoms with Crippen LogP contribution in [0.3, 0.4) is 0 Å². The third kappa shape index (κ3) is 2.55. The second kappa shape index (κ2) is 5.16. The van der Waals surface area contributed by atoms with Crippen molar-refractivity contribution in [3.05, 3.63) is 35.8 Å². The van der Waals surface area contributed by atoms with Gasteiger partial charge in [0.1, 0.15) is 11.4 Å². The summed E-state index contributed by atoms with van der Waals surface area (Å²) < 4.78 is 18.7. The molecule has 0 aliphatic heterocycles. The number of carbonyl (C=O) groups is 1. The summed E-state index contributed by atoms with van der Waals surface area (Å²) in [6, 6.07) is 6.01. The first-order chi connectivity index (χ1) is 9.24. The molecular weight excluding hydrogens is 243 g/mol. The van der Waals surface area contributed by atoms with E-state index < -0.39 is 0 Å². The van der Waals surface area contributed by atoms with Gasteiger partial charge in [0.2, 0.25) is 5.78 Å². The minimum atomic E-state index is -0.304. The van der Waals surface area contributed by atoms with Crippen LogP contribution in [0.5, 0.6) is 0 Å². The largest absolute Gasteiger partial charge is 0.453 e. The van der Waals surface area contributed by atoms with Crippen molar-refractivity contribution in [1.82, 2.24) is 0 Å². The first-order valence-corrected chi connectivity index (χ1v) is 6.97. The number of Topliss-reactive ketones (excluding diaryl/α,β-unsaturated/α-hetero) is 1. The van der Waals surface area contributed by atoms with Gasteiger partial charge in [0.25, 0.3) is 0 Å². The molecule has 1 aromatic carbocycles. The number of benzene rings is 1. The predicted molar refractivity (Wildman–Crippen MR) is 71.7 cm³/mol. The monoisotopic (exact) mass is 260 g/mol. The van der Waals surface area contributed by atoms with Crippen molar-refractivity contribution >= 4 is 16.8 Å². The summed E-state index contributed by atoms with van der Waals surface area (Å²) in [4.78, 5) is 12.4. The van der Waals surface area contributed by atoms with Crippen LogP contribution in [-0.2, 0) is 0 Å². The SMILES string of the molecule is O=C(c1cc2cc(F)ccc2o1)C1CCCCCC1. The number of rotatable bonds is 2. The second-order valence-electron chi connectivity index (χ2n) is 5.35. The average Bonchev–Trinajstić information content (AvgIpc) is 2.64. The Bertz CT molecular complexity index is 592. The van der Waals surface area contributed by atoms with Crippen LogP contribution in [0.4, 0.5) is 4.39 Å². The molecule has 2 nitrogen and oxygen atoms in total. The fourth-order valence-corrected chi connectivity index (χ4v) is 2.88. The van der Waals surface area contributed by atoms with Crippen molar-refractivity contribution in [3.63, 3.8) is 0 Å². The van der Waals surface area contributed by atoms with Crippen molar-refractivity contribution in [2.24, 2.45) is 5.92 Å². The normalized spacial score (nSPS) is 17.5. The van der Waals surface area contributed by atoms with Gasteiger partial charge in [-0.2, -0.15) is 0 Å². The van der Waals surface area contributed by atoms with Crippen molar-refractivity contribution in [3.8, 4) is 0 Å². The highest BCUT2D eigenvalue weighted by Gasteiger charge is 2.24. The summed E-state index contributed by atoms with van der Waals surface area (Å²) in [6.07, 6.45) is 6.56. The molecule has 1 heterocycles. The quantitative estimate of drug-likeness (QED) is 0.577. The van der Waals surface area contributed by atoms with Crippen LogP contribution in [0.2, 0.25) is 0 Å². The van der Waals surface area contributed by atoms with E-state index in [1.54, 1.807) is 12.1 Å². The Balaban J connectivity index is 1.88. The van der Waals surface area contributed by atoms with Crippen molar-refractivity contribution < 1.29 is 13.6 Å². The molecule has 3 rings (SSSR count). The Morgan fingerprint density at radius 1 is 1.11 bits per heavy atom. The maximum atomic E-state index is 13.1. The molecule has 1 fully saturated rings. The first kappa shape index (κ1) is 12.4. The van der Waals surface area contributed by atoms with Gasteiger partial charge in [0.05, 0.1) is 0 Å². The summed E-state index contributed by atoms with van der Waals surface area (Å²) in [5.74, 6) is 0.237. The van der Waals surface area contributed by atoms with Crippen LogP contribution in [0, 0.1) is 11.7 Å². The molecule has 2 aromatic rings. The highest BCUT2D eigenvalue weighted by Crippen LogP contribution is 2.28. The number of hydrogen-bond acceptors (Lipinski definition) is 2. The molecular formula is C16H17FO2. The fourth-order valence-electron chi connectivity index (χ4n) is 2.88. The van der Waals surface area contributed by atoms with Crippen LogP contribution in [0.1, 0.15) is 49.1 Å². The van der Waals surface area contributed by atoms with Crippen LogP contribution < -0.4 is 0 Å². The van der Waals surface area contributed by atoms with E-state index in [1.807, 2.05) is 0 Å². The van der Waals surface area contributed by atoms with Crippen molar-refractivity contribution in [1.29, 1.82) is 0 Å². The Hall–Kier alpha value is -1.64. The summed E-state index contributed by atoms with van der Waals surface area (Å²) in [5, 5.41) is 0.664. The number of hydrogen-bond donors (Lipinski definition) is 0. The Morgan fingerprint density at radius 2 is 1.84 bits per heavy atom. The smallest absolute Gasteiger partial charge is 0.201 e. The van der Waals surface area contributed by atoms with Crippen molar-refractivity contribution in [2.45, 2.75) is 38.5 Å². The molecule has 0 amide bonds. The topological polar surface area (TPSA) is 30.2 Å². The Kier molecular flexibility index (Phi) is 3.36. The lowest BCUT2D eigenvalue weighted by Crippen LogP contribution is -2.13. The van der Waals surface area contributed by atoms with Gasteiger partial charge in [-0.3, -0.25) is 4.79 Å². The van der Waals surface area contributed by atoms with Crippen LogP contribution >= 0.6 is 0 Å². The van der Waals surface area contributed by atoms with E-state index in [-0.39, 0.29) is 17.5 Å². The molecule has 0 bridgehead atoms. The molecule has 0 atom stereocenters. The summed E-state index contributed by atoms with van der Waals surface area (Å²) in [5.41, 5.74) is 0.582. The third-order valence-electron chi connectivity index (χ3n) is 3.95.